The van der Waals surface area contributed by atoms with E-state index in [0.717, 1.165) is 13.1 Å². The highest BCUT2D eigenvalue weighted by molar-refractivity contribution is 5.95. The molecule has 1 saturated heterocycles. The van der Waals surface area contributed by atoms with Crippen molar-refractivity contribution in [2.75, 3.05) is 27.2 Å². The van der Waals surface area contributed by atoms with Crippen molar-refractivity contribution in [3.63, 3.8) is 0 Å². The van der Waals surface area contributed by atoms with Gasteiger partial charge >= 0.3 is 0 Å². The summed E-state index contributed by atoms with van der Waals surface area (Å²) in [6, 6.07) is 4.74. The summed E-state index contributed by atoms with van der Waals surface area (Å²) in [7, 11) is 4.08. The lowest BCUT2D eigenvalue weighted by Crippen LogP contribution is -2.36. The van der Waals surface area contributed by atoms with Gasteiger partial charge < -0.3 is 9.80 Å². The molecule has 0 bridgehead atoms. The molecule has 2 unspecified atom stereocenters. The van der Waals surface area contributed by atoms with Crippen molar-refractivity contribution in [2.45, 2.75) is 19.9 Å². The van der Waals surface area contributed by atoms with Gasteiger partial charge in [-0.2, -0.15) is 0 Å². The Morgan fingerprint density at radius 1 is 1.37 bits per heavy atom. The van der Waals surface area contributed by atoms with Gasteiger partial charge in [0.25, 0.3) is 5.91 Å². The largest absolute Gasteiger partial charge is 0.337 e. The number of amides is 1. The summed E-state index contributed by atoms with van der Waals surface area (Å²) < 4.78 is 13.1. The second-order valence-electron chi connectivity index (χ2n) is 5.68. The molecule has 2 rings (SSSR count). The van der Waals surface area contributed by atoms with Gasteiger partial charge in [0.1, 0.15) is 5.82 Å². The van der Waals surface area contributed by atoms with Crippen LogP contribution in [0.15, 0.2) is 18.2 Å². The van der Waals surface area contributed by atoms with Crippen LogP contribution >= 0.6 is 0 Å². The van der Waals surface area contributed by atoms with E-state index in [-0.39, 0.29) is 11.7 Å². The third-order valence-electron chi connectivity index (χ3n) is 3.94. The number of carbonyl (C=O) groups excluding carboxylic acids is 1. The molecule has 19 heavy (non-hydrogen) atoms. The van der Waals surface area contributed by atoms with E-state index >= 15 is 0 Å². The Labute approximate surface area is 114 Å². The fraction of sp³-hybridized carbons (Fsp3) is 0.533. The second kappa shape index (κ2) is 5.29. The first-order valence-corrected chi connectivity index (χ1v) is 6.62. The Hall–Kier alpha value is -1.42. The van der Waals surface area contributed by atoms with Crippen LogP contribution in [0.5, 0.6) is 0 Å². The van der Waals surface area contributed by atoms with Crippen LogP contribution in [0.3, 0.4) is 0 Å². The zero-order valence-corrected chi connectivity index (χ0v) is 12.0. The van der Waals surface area contributed by atoms with Crippen molar-refractivity contribution in [2.24, 2.45) is 5.92 Å². The smallest absolute Gasteiger partial charge is 0.254 e. The first-order valence-electron chi connectivity index (χ1n) is 6.62. The molecule has 1 aliphatic rings. The van der Waals surface area contributed by atoms with E-state index in [1.54, 1.807) is 13.0 Å². The van der Waals surface area contributed by atoms with E-state index in [9.17, 15) is 9.18 Å². The third-order valence-corrected chi connectivity index (χ3v) is 3.94. The Bertz CT molecular complexity index is 487. The van der Waals surface area contributed by atoms with Crippen LogP contribution in [0.25, 0.3) is 0 Å². The number of rotatable bonds is 2. The van der Waals surface area contributed by atoms with E-state index < -0.39 is 0 Å². The Morgan fingerprint density at radius 3 is 2.58 bits per heavy atom. The molecule has 1 heterocycles. The number of nitrogens with zero attached hydrogens (tertiary/aromatic N) is 2. The lowest BCUT2D eigenvalue weighted by Gasteiger charge is -2.22. The number of hydrogen-bond donors (Lipinski definition) is 0. The Kier molecular flexibility index (Phi) is 3.90. The molecule has 0 aliphatic carbocycles. The van der Waals surface area contributed by atoms with Crippen molar-refractivity contribution in [3.05, 3.63) is 35.1 Å². The van der Waals surface area contributed by atoms with Crippen LogP contribution in [0.1, 0.15) is 22.8 Å². The number of hydrogen-bond acceptors (Lipinski definition) is 2. The van der Waals surface area contributed by atoms with Gasteiger partial charge in [-0.25, -0.2) is 4.39 Å². The summed E-state index contributed by atoms with van der Waals surface area (Å²) in [5.41, 5.74) is 1.30. The average molecular weight is 264 g/mol. The van der Waals surface area contributed by atoms with Gasteiger partial charge in [-0.1, -0.05) is 6.92 Å². The quantitative estimate of drug-likeness (QED) is 0.817. The molecular formula is C15H21FN2O. The van der Waals surface area contributed by atoms with Crippen LogP contribution in [0, 0.1) is 18.7 Å². The molecule has 0 spiro atoms. The lowest BCUT2D eigenvalue weighted by atomic mass is 10.1. The SMILES string of the molecule is Cc1cc(F)ccc1C(=O)N1CC(C)C(N(C)C)C1. The summed E-state index contributed by atoms with van der Waals surface area (Å²) in [5, 5.41) is 0. The highest BCUT2D eigenvalue weighted by atomic mass is 19.1. The number of benzene rings is 1. The minimum Gasteiger partial charge on any atom is -0.337 e. The summed E-state index contributed by atoms with van der Waals surface area (Å²) in [6.07, 6.45) is 0. The highest BCUT2D eigenvalue weighted by Crippen LogP contribution is 2.23. The topological polar surface area (TPSA) is 23.6 Å². The normalized spacial score (nSPS) is 23.2. The molecule has 2 atom stereocenters. The first-order chi connectivity index (χ1) is 8.90. The predicted octanol–water partition coefficient (Wildman–Crippen LogP) is 2.16. The van der Waals surface area contributed by atoms with Gasteiger partial charge in [-0.3, -0.25) is 4.79 Å². The van der Waals surface area contributed by atoms with E-state index in [0.29, 0.717) is 23.1 Å². The fourth-order valence-corrected chi connectivity index (χ4v) is 2.83. The maximum absolute atomic E-state index is 13.1. The molecule has 1 aromatic rings. The molecule has 0 saturated carbocycles. The molecule has 0 radical (unpaired) electrons. The van der Waals surface area contributed by atoms with Crippen molar-refractivity contribution < 1.29 is 9.18 Å². The maximum Gasteiger partial charge on any atom is 0.254 e. The summed E-state index contributed by atoms with van der Waals surface area (Å²) in [4.78, 5) is 16.5. The molecule has 1 fully saturated rings. The number of likely N-dealkylation sites (N-methyl/N-ethyl adjacent to an activating group) is 1. The van der Waals surface area contributed by atoms with Crippen LogP contribution in [-0.2, 0) is 0 Å². The minimum absolute atomic E-state index is 0.00806. The van der Waals surface area contributed by atoms with Crippen LogP contribution < -0.4 is 0 Å². The van der Waals surface area contributed by atoms with Crippen LogP contribution in [-0.4, -0.2) is 48.9 Å². The summed E-state index contributed by atoms with van der Waals surface area (Å²) in [5.74, 6) is 0.170. The molecule has 0 aromatic heterocycles. The van der Waals surface area contributed by atoms with Gasteiger partial charge in [0, 0.05) is 24.7 Å². The fourth-order valence-electron chi connectivity index (χ4n) is 2.83. The molecule has 1 aliphatic heterocycles. The standard InChI is InChI=1S/C15H21FN2O/c1-10-7-12(16)5-6-13(10)15(19)18-8-11(2)14(9-18)17(3)4/h5-7,11,14H,8-9H2,1-4H3. The Balaban J connectivity index is 2.17. The molecule has 104 valence electrons. The molecule has 3 nitrogen and oxygen atoms in total. The van der Waals surface area contributed by atoms with E-state index in [2.05, 4.69) is 11.8 Å². The van der Waals surface area contributed by atoms with Crippen molar-refractivity contribution >= 4 is 5.91 Å². The van der Waals surface area contributed by atoms with Gasteiger partial charge in [-0.15, -0.1) is 0 Å². The van der Waals surface area contributed by atoms with Crippen molar-refractivity contribution in [1.82, 2.24) is 9.80 Å². The molecule has 0 N–H and O–H groups in total. The monoisotopic (exact) mass is 264 g/mol. The predicted molar refractivity (Wildman–Crippen MR) is 73.7 cm³/mol. The zero-order valence-electron chi connectivity index (χ0n) is 12.0. The van der Waals surface area contributed by atoms with Gasteiger partial charge in [0.2, 0.25) is 0 Å². The van der Waals surface area contributed by atoms with Crippen LogP contribution in [0.4, 0.5) is 4.39 Å². The van der Waals surface area contributed by atoms with E-state index in [4.69, 9.17) is 0 Å². The third kappa shape index (κ3) is 2.78. The molecule has 4 heteroatoms. The summed E-state index contributed by atoms with van der Waals surface area (Å²) >= 11 is 0. The van der Waals surface area contributed by atoms with Gasteiger partial charge in [-0.05, 0) is 50.7 Å². The summed E-state index contributed by atoms with van der Waals surface area (Å²) in [6.45, 7) is 5.44. The zero-order chi connectivity index (χ0) is 14.2. The van der Waals surface area contributed by atoms with E-state index in [1.165, 1.54) is 12.1 Å². The molecular weight excluding hydrogens is 243 g/mol. The number of carbonyl (C=O) groups is 1. The highest BCUT2D eigenvalue weighted by Gasteiger charge is 2.34. The van der Waals surface area contributed by atoms with Crippen molar-refractivity contribution in [3.8, 4) is 0 Å². The van der Waals surface area contributed by atoms with Gasteiger partial charge in [0.15, 0.2) is 0 Å². The number of halogens is 1. The van der Waals surface area contributed by atoms with E-state index in [1.807, 2.05) is 19.0 Å². The van der Waals surface area contributed by atoms with Crippen LogP contribution in [0.2, 0.25) is 0 Å². The molecule has 1 aromatic carbocycles. The average Bonchev–Trinajstić information content (AvgIpc) is 2.70. The molecule has 1 amide bonds. The minimum atomic E-state index is -0.296. The second-order valence-corrected chi connectivity index (χ2v) is 5.68. The maximum atomic E-state index is 13.1. The van der Waals surface area contributed by atoms with Crippen molar-refractivity contribution in [1.29, 1.82) is 0 Å². The van der Waals surface area contributed by atoms with Gasteiger partial charge in [0.05, 0.1) is 0 Å². The first kappa shape index (κ1) is 14.0. The number of likely N-dealkylation sites (tertiary alicyclic amines) is 1. The number of aryl methyl sites for hydroxylation is 1. The Morgan fingerprint density at radius 2 is 2.05 bits per heavy atom. The lowest BCUT2D eigenvalue weighted by molar-refractivity contribution is 0.0780.